The van der Waals surface area contributed by atoms with Crippen LogP contribution < -0.4 is 5.32 Å². The monoisotopic (exact) mass is 237 g/mol. The van der Waals surface area contributed by atoms with E-state index in [1.54, 1.807) is 11.8 Å². The molecule has 1 saturated carbocycles. The second-order valence-electron chi connectivity index (χ2n) is 3.97. The first-order valence-electron chi connectivity index (χ1n) is 5.21. The molecule has 88 valence electrons. The summed E-state index contributed by atoms with van der Waals surface area (Å²) in [6, 6.07) is 0. The molecule has 2 nitrogen and oxygen atoms in total. The summed E-state index contributed by atoms with van der Waals surface area (Å²) in [4.78, 5) is 10.8. The lowest BCUT2D eigenvalue weighted by molar-refractivity contribution is -0.131. The molecule has 1 aliphatic rings. The van der Waals surface area contributed by atoms with Crippen LogP contribution >= 0.6 is 11.8 Å². The maximum Gasteiger partial charge on any atom is 0.315 e. The van der Waals surface area contributed by atoms with Crippen LogP contribution in [0.2, 0.25) is 0 Å². The summed E-state index contributed by atoms with van der Waals surface area (Å²) in [7, 11) is 0. The Morgan fingerprint density at radius 2 is 2.00 bits per heavy atom. The van der Waals surface area contributed by atoms with Gasteiger partial charge in [0.25, 0.3) is 5.91 Å². The first kappa shape index (κ1) is 12.7. The molecular weight excluding hydrogens is 220 g/mol. The van der Waals surface area contributed by atoms with E-state index in [1.165, 1.54) is 6.42 Å². The van der Waals surface area contributed by atoms with Crippen LogP contribution in [0.1, 0.15) is 32.1 Å². The highest BCUT2D eigenvalue weighted by Crippen LogP contribution is 2.37. The second-order valence-corrected chi connectivity index (χ2v) is 5.24. The van der Waals surface area contributed by atoms with Crippen molar-refractivity contribution in [1.82, 2.24) is 5.32 Å². The van der Waals surface area contributed by atoms with Gasteiger partial charge >= 0.3 is 6.43 Å². The Labute approximate surface area is 93.2 Å². The Hall–Kier alpha value is -0.320. The number of halogens is 2. The van der Waals surface area contributed by atoms with Crippen LogP contribution in [0.4, 0.5) is 8.78 Å². The summed E-state index contributed by atoms with van der Waals surface area (Å²) in [5.41, 5.74) is 0. The molecule has 0 unspecified atom stereocenters. The zero-order valence-corrected chi connectivity index (χ0v) is 9.71. The fourth-order valence-electron chi connectivity index (χ4n) is 1.97. The van der Waals surface area contributed by atoms with E-state index in [2.05, 4.69) is 5.32 Å². The highest BCUT2D eigenvalue weighted by atomic mass is 32.2. The van der Waals surface area contributed by atoms with Gasteiger partial charge in [-0.05, 0) is 19.1 Å². The van der Waals surface area contributed by atoms with Crippen LogP contribution in [0, 0.1) is 0 Å². The van der Waals surface area contributed by atoms with Gasteiger partial charge in [0.2, 0.25) is 0 Å². The minimum atomic E-state index is -2.90. The second kappa shape index (κ2) is 5.68. The number of carbonyl (C=O) groups excluding carboxylic acids is 1. The van der Waals surface area contributed by atoms with Crippen molar-refractivity contribution < 1.29 is 13.6 Å². The molecule has 1 fully saturated rings. The van der Waals surface area contributed by atoms with Crippen molar-refractivity contribution in [3.63, 3.8) is 0 Å². The predicted molar refractivity (Wildman–Crippen MR) is 58.3 cm³/mol. The van der Waals surface area contributed by atoms with Crippen molar-refractivity contribution in [3.05, 3.63) is 0 Å². The Bertz CT molecular complexity index is 217. The minimum Gasteiger partial charge on any atom is -0.350 e. The lowest BCUT2D eigenvalue weighted by atomic mass is 9.88. The van der Waals surface area contributed by atoms with Gasteiger partial charge in [0.05, 0.1) is 0 Å². The minimum absolute atomic E-state index is 0.0111. The van der Waals surface area contributed by atoms with Gasteiger partial charge in [0.1, 0.15) is 0 Å². The van der Waals surface area contributed by atoms with Gasteiger partial charge in [-0.3, -0.25) is 4.79 Å². The molecule has 0 heterocycles. The third kappa shape index (κ3) is 3.63. The van der Waals surface area contributed by atoms with Crippen LogP contribution in [0.5, 0.6) is 0 Å². The Balaban J connectivity index is 2.42. The third-order valence-corrected chi connectivity index (χ3v) is 4.40. The van der Waals surface area contributed by atoms with E-state index in [9.17, 15) is 13.6 Å². The average molecular weight is 237 g/mol. The van der Waals surface area contributed by atoms with E-state index >= 15 is 0 Å². The standard InChI is InChI=1S/C10H17F2NOS/c1-15-10(5-3-2-4-6-10)7-13-9(14)8(11)12/h8H,2-7H2,1H3,(H,13,14). The SMILES string of the molecule is CSC1(CNC(=O)C(F)F)CCCCC1. The van der Waals surface area contributed by atoms with E-state index in [4.69, 9.17) is 0 Å². The zero-order chi connectivity index (χ0) is 11.3. The molecule has 5 heteroatoms. The number of amides is 1. The van der Waals surface area contributed by atoms with Gasteiger partial charge in [-0.15, -0.1) is 0 Å². The molecule has 0 aliphatic heterocycles. The van der Waals surface area contributed by atoms with Crippen LogP contribution in [-0.4, -0.2) is 29.9 Å². The number of hydrogen-bond acceptors (Lipinski definition) is 2. The topological polar surface area (TPSA) is 29.1 Å². The summed E-state index contributed by atoms with van der Waals surface area (Å²) in [6.45, 7) is 0.372. The number of hydrogen-bond donors (Lipinski definition) is 1. The first-order valence-corrected chi connectivity index (χ1v) is 6.43. The van der Waals surface area contributed by atoms with Crippen LogP contribution in [-0.2, 0) is 4.79 Å². The maximum atomic E-state index is 12.0. The van der Waals surface area contributed by atoms with E-state index in [0.29, 0.717) is 6.54 Å². The molecule has 0 aromatic carbocycles. The smallest absolute Gasteiger partial charge is 0.315 e. The molecule has 0 radical (unpaired) electrons. The average Bonchev–Trinajstić information content (AvgIpc) is 2.27. The molecule has 1 N–H and O–H groups in total. The Morgan fingerprint density at radius 3 is 2.47 bits per heavy atom. The predicted octanol–water partition coefficient (Wildman–Crippen LogP) is 2.43. The molecule has 0 aromatic heterocycles. The summed E-state index contributed by atoms with van der Waals surface area (Å²) in [5.74, 6) is -1.14. The fraction of sp³-hybridized carbons (Fsp3) is 0.900. The number of thioether (sulfide) groups is 1. The Kier molecular flexibility index (Phi) is 4.83. The number of alkyl halides is 2. The molecule has 1 amide bonds. The highest BCUT2D eigenvalue weighted by Gasteiger charge is 2.32. The third-order valence-electron chi connectivity index (χ3n) is 2.98. The number of carbonyl (C=O) groups is 1. The van der Waals surface area contributed by atoms with Gasteiger partial charge in [-0.2, -0.15) is 20.5 Å². The Morgan fingerprint density at radius 1 is 1.40 bits per heavy atom. The lowest BCUT2D eigenvalue weighted by Gasteiger charge is -2.35. The summed E-state index contributed by atoms with van der Waals surface area (Å²) < 4.78 is 24.0. The molecule has 0 aromatic rings. The highest BCUT2D eigenvalue weighted by molar-refractivity contribution is 8.00. The summed E-state index contributed by atoms with van der Waals surface area (Å²) >= 11 is 1.69. The molecule has 0 bridgehead atoms. The van der Waals surface area contributed by atoms with Gasteiger partial charge in [0, 0.05) is 11.3 Å². The van der Waals surface area contributed by atoms with Crippen LogP contribution in [0.25, 0.3) is 0 Å². The van der Waals surface area contributed by atoms with Crippen molar-refractivity contribution in [2.75, 3.05) is 12.8 Å². The van der Waals surface area contributed by atoms with Crippen molar-refractivity contribution in [3.8, 4) is 0 Å². The van der Waals surface area contributed by atoms with Crippen molar-refractivity contribution >= 4 is 17.7 Å². The van der Waals surface area contributed by atoms with Gasteiger partial charge in [-0.1, -0.05) is 19.3 Å². The van der Waals surface area contributed by atoms with Crippen molar-refractivity contribution in [2.24, 2.45) is 0 Å². The first-order chi connectivity index (χ1) is 7.09. The molecule has 1 rings (SSSR count). The van der Waals surface area contributed by atoms with Gasteiger partial charge in [0.15, 0.2) is 0 Å². The molecule has 0 saturated heterocycles. The molecule has 0 atom stereocenters. The van der Waals surface area contributed by atoms with Crippen molar-refractivity contribution in [2.45, 2.75) is 43.3 Å². The lowest BCUT2D eigenvalue weighted by Crippen LogP contribution is -2.43. The number of nitrogens with one attached hydrogen (secondary N) is 1. The molecule has 15 heavy (non-hydrogen) atoms. The van der Waals surface area contributed by atoms with E-state index < -0.39 is 12.3 Å². The van der Waals surface area contributed by atoms with E-state index in [-0.39, 0.29) is 4.75 Å². The largest absolute Gasteiger partial charge is 0.350 e. The summed E-state index contributed by atoms with van der Waals surface area (Å²) in [6.07, 6.45) is 4.59. The van der Waals surface area contributed by atoms with E-state index in [1.807, 2.05) is 6.26 Å². The van der Waals surface area contributed by atoms with Crippen LogP contribution in [0.15, 0.2) is 0 Å². The fourth-order valence-corrected chi connectivity index (χ4v) is 2.89. The molecule has 0 spiro atoms. The normalized spacial score (nSPS) is 20.3. The van der Waals surface area contributed by atoms with Crippen molar-refractivity contribution in [1.29, 1.82) is 0 Å². The van der Waals surface area contributed by atoms with E-state index in [0.717, 1.165) is 25.7 Å². The number of rotatable bonds is 4. The van der Waals surface area contributed by atoms with Crippen LogP contribution in [0.3, 0.4) is 0 Å². The zero-order valence-electron chi connectivity index (χ0n) is 8.89. The van der Waals surface area contributed by atoms with Gasteiger partial charge < -0.3 is 5.32 Å². The maximum absolute atomic E-state index is 12.0. The molecule has 1 aliphatic carbocycles. The summed E-state index contributed by atoms with van der Waals surface area (Å²) in [5, 5.41) is 2.33. The quantitative estimate of drug-likeness (QED) is 0.813. The van der Waals surface area contributed by atoms with Gasteiger partial charge in [-0.25, -0.2) is 0 Å². The molecular formula is C10H17F2NOS.